The van der Waals surface area contributed by atoms with Gasteiger partial charge in [0.15, 0.2) is 5.34 Å². The van der Waals surface area contributed by atoms with E-state index in [2.05, 4.69) is 0 Å². The molecule has 2 aromatic rings. The lowest BCUT2D eigenvalue weighted by Crippen LogP contribution is -1.88. The van der Waals surface area contributed by atoms with Crippen molar-refractivity contribution < 1.29 is 10.1 Å². The van der Waals surface area contributed by atoms with E-state index in [0.717, 1.165) is 5.39 Å². The quantitative estimate of drug-likeness (QED) is 0.447. The van der Waals surface area contributed by atoms with Crippen LogP contribution in [0.25, 0.3) is 10.8 Å². The van der Waals surface area contributed by atoms with Gasteiger partial charge in [-0.05, 0) is 11.5 Å². The van der Waals surface area contributed by atoms with Crippen molar-refractivity contribution in [1.29, 1.82) is 0 Å². The number of fused-ring (bicyclic) bond motifs is 1. The molecule has 0 unspecified atom stereocenters. The van der Waals surface area contributed by atoms with Gasteiger partial charge in [0.2, 0.25) is 0 Å². The first-order valence-corrected chi connectivity index (χ1v) is 4.29. The van der Waals surface area contributed by atoms with Crippen LogP contribution in [-0.2, 0) is 0 Å². The van der Waals surface area contributed by atoms with Crippen molar-refractivity contribution in [3.8, 4) is 0 Å². The highest BCUT2D eigenvalue weighted by Crippen LogP contribution is 2.24. The molecule has 0 fully saturated rings. The number of hydrogen-bond donors (Lipinski definition) is 2. The molecule has 0 spiro atoms. The number of nitro benzene ring substituents is 1. The van der Waals surface area contributed by atoms with E-state index in [0.29, 0.717) is 5.39 Å². The van der Waals surface area contributed by atoms with E-state index in [-0.39, 0.29) is 16.8 Å². The topological polar surface area (TPSA) is 128 Å². The van der Waals surface area contributed by atoms with E-state index in [1.165, 1.54) is 11.4 Å². The zero-order valence-electron chi connectivity index (χ0n) is 8.81. The Morgan fingerprint density at radius 2 is 1.65 bits per heavy atom. The number of rotatable bonds is 1. The summed E-state index contributed by atoms with van der Waals surface area (Å²) in [6, 6.07) is 12.4. The second kappa shape index (κ2) is 6.85. The summed E-state index contributed by atoms with van der Waals surface area (Å²) in [4.78, 5) is 18.4. The van der Waals surface area contributed by atoms with Crippen LogP contribution >= 0.6 is 0 Å². The van der Waals surface area contributed by atoms with Crippen LogP contribution in [0, 0.1) is 15.0 Å². The Balaban J connectivity index is 0.000000583. The number of non-ortho nitro benzene ring substituents is 1. The number of hydrogen-bond acceptors (Lipinski definition) is 5. The maximum atomic E-state index is 10.6. The summed E-state index contributed by atoms with van der Waals surface area (Å²) in [6.07, 6.45) is 0. The van der Waals surface area contributed by atoms with Gasteiger partial charge in [0.1, 0.15) is 0 Å². The summed E-state index contributed by atoms with van der Waals surface area (Å²) in [6.45, 7) is 0. The SMILES string of the molecule is N.O=NO.O=[N+]([O-])c1cccc2ccccc12. The molecule has 7 heteroatoms. The van der Waals surface area contributed by atoms with Gasteiger partial charge in [0.05, 0.1) is 10.3 Å². The van der Waals surface area contributed by atoms with Crippen LogP contribution in [-0.4, -0.2) is 10.1 Å². The average Bonchev–Trinajstić information content (AvgIpc) is 2.29. The molecule has 2 aromatic carbocycles. The molecule has 4 N–H and O–H groups in total. The maximum Gasteiger partial charge on any atom is 0.277 e. The molecule has 0 aliphatic carbocycles. The molecule has 0 aliphatic heterocycles. The molecular weight excluding hydrogens is 226 g/mol. The summed E-state index contributed by atoms with van der Waals surface area (Å²) in [7, 11) is 0. The van der Waals surface area contributed by atoms with E-state index >= 15 is 0 Å². The highest BCUT2D eigenvalue weighted by molar-refractivity contribution is 5.90. The Morgan fingerprint density at radius 3 is 2.24 bits per heavy atom. The highest BCUT2D eigenvalue weighted by atomic mass is 16.6. The first-order valence-electron chi connectivity index (χ1n) is 4.29. The first-order chi connectivity index (χ1) is 7.70. The van der Waals surface area contributed by atoms with Gasteiger partial charge in [-0.15, -0.1) is 4.91 Å². The average molecular weight is 237 g/mol. The van der Waals surface area contributed by atoms with E-state index in [9.17, 15) is 10.1 Å². The molecule has 0 bridgehead atoms. The molecule has 2 rings (SSSR count). The van der Waals surface area contributed by atoms with Crippen molar-refractivity contribution in [3.05, 3.63) is 57.5 Å². The molecule has 0 atom stereocenters. The Bertz CT molecular complexity index is 510. The zero-order valence-corrected chi connectivity index (χ0v) is 8.81. The Kier molecular flexibility index (Phi) is 5.83. The van der Waals surface area contributed by atoms with Crippen molar-refractivity contribution in [3.63, 3.8) is 0 Å². The summed E-state index contributed by atoms with van der Waals surface area (Å²) < 4.78 is 0. The minimum atomic E-state index is -0.359. The van der Waals surface area contributed by atoms with Crippen LogP contribution in [0.1, 0.15) is 0 Å². The van der Waals surface area contributed by atoms with Gasteiger partial charge >= 0.3 is 0 Å². The third-order valence-corrected chi connectivity index (χ3v) is 1.96. The lowest BCUT2D eigenvalue weighted by molar-refractivity contribution is -0.383. The van der Waals surface area contributed by atoms with Crippen LogP contribution in [0.4, 0.5) is 5.69 Å². The van der Waals surface area contributed by atoms with Crippen LogP contribution in [0.3, 0.4) is 0 Å². The molecule has 0 saturated heterocycles. The fourth-order valence-electron chi connectivity index (χ4n) is 1.37. The molecule has 90 valence electrons. The fraction of sp³-hybridized carbons (Fsp3) is 0. The van der Waals surface area contributed by atoms with Crippen molar-refractivity contribution in [2.75, 3.05) is 0 Å². The standard InChI is InChI=1S/C10H7NO2.HNO2.H3N/c12-11(13)10-7-3-5-8-4-1-2-6-9(8)10;2-1-3;/h1-7H;(H,2,3);1H3. The minimum Gasteiger partial charge on any atom is -0.379 e. The minimum absolute atomic E-state index is 0. The summed E-state index contributed by atoms with van der Waals surface area (Å²) in [5.41, 5.74) is 0.165. The van der Waals surface area contributed by atoms with E-state index in [1.807, 2.05) is 18.2 Å². The number of benzene rings is 2. The van der Waals surface area contributed by atoms with Crippen molar-refractivity contribution >= 4 is 16.5 Å². The fourth-order valence-corrected chi connectivity index (χ4v) is 1.37. The maximum absolute atomic E-state index is 10.6. The normalized spacial score (nSPS) is 8.47. The molecule has 0 aromatic heterocycles. The molecule has 0 aliphatic rings. The summed E-state index contributed by atoms with van der Waals surface area (Å²) in [5.74, 6) is 0. The second-order valence-corrected chi connectivity index (χ2v) is 2.84. The van der Waals surface area contributed by atoms with Gasteiger partial charge in [0, 0.05) is 6.07 Å². The molecule has 0 radical (unpaired) electrons. The predicted molar refractivity (Wildman–Crippen MR) is 63.2 cm³/mol. The van der Waals surface area contributed by atoms with Crippen LogP contribution in [0.5, 0.6) is 0 Å². The summed E-state index contributed by atoms with van der Waals surface area (Å²) >= 11 is 0. The van der Waals surface area contributed by atoms with Gasteiger partial charge in [-0.2, -0.15) is 0 Å². The smallest absolute Gasteiger partial charge is 0.277 e. The Morgan fingerprint density at radius 1 is 1.12 bits per heavy atom. The van der Waals surface area contributed by atoms with Crippen molar-refractivity contribution in [1.82, 2.24) is 6.15 Å². The van der Waals surface area contributed by atoms with Gasteiger partial charge in [-0.25, -0.2) is 0 Å². The third-order valence-electron chi connectivity index (χ3n) is 1.96. The van der Waals surface area contributed by atoms with Crippen LogP contribution in [0.15, 0.2) is 47.8 Å². The van der Waals surface area contributed by atoms with E-state index in [1.54, 1.807) is 18.2 Å². The lowest BCUT2D eigenvalue weighted by atomic mass is 10.1. The predicted octanol–water partition coefficient (Wildman–Crippen LogP) is 3.05. The molecule has 0 heterocycles. The van der Waals surface area contributed by atoms with Gasteiger partial charge in [0.25, 0.3) is 5.69 Å². The molecule has 7 nitrogen and oxygen atoms in total. The van der Waals surface area contributed by atoms with Crippen LogP contribution < -0.4 is 6.15 Å². The first kappa shape index (κ1) is 14.5. The van der Waals surface area contributed by atoms with Crippen molar-refractivity contribution in [2.45, 2.75) is 0 Å². The van der Waals surface area contributed by atoms with Gasteiger partial charge in [-0.1, -0.05) is 30.3 Å². The second-order valence-electron chi connectivity index (χ2n) is 2.84. The number of nitro groups is 1. The highest BCUT2D eigenvalue weighted by Gasteiger charge is 2.08. The van der Waals surface area contributed by atoms with E-state index < -0.39 is 0 Å². The monoisotopic (exact) mass is 237 g/mol. The van der Waals surface area contributed by atoms with Crippen molar-refractivity contribution in [2.24, 2.45) is 5.34 Å². The largest absolute Gasteiger partial charge is 0.379 e. The van der Waals surface area contributed by atoms with E-state index in [4.69, 9.17) is 10.1 Å². The van der Waals surface area contributed by atoms with Crippen LogP contribution in [0.2, 0.25) is 0 Å². The van der Waals surface area contributed by atoms with Gasteiger partial charge < -0.3 is 11.4 Å². The van der Waals surface area contributed by atoms with Gasteiger partial charge in [-0.3, -0.25) is 10.1 Å². The molecule has 0 amide bonds. The molecular formula is C10H11N3O4. The Hall–Kier alpha value is -2.54. The molecule has 0 saturated carbocycles. The lowest BCUT2D eigenvalue weighted by Gasteiger charge is -1.97. The third kappa shape index (κ3) is 3.50. The Labute approximate surface area is 96.4 Å². The zero-order chi connectivity index (χ0) is 12.0. The molecule has 17 heavy (non-hydrogen) atoms. The number of nitrogens with zero attached hydrogens (tertiary/aromatic N) is 2. The summed E-state index contributed by atoms with van der Waals surface area (Å²) in [5, 5.41) is 20.1.